The van der Waals surface area contributed by atoms with E-state index in [4.69, 9.17) is 16.3 Å². The number of aromatic amines is 1. The molecule has 0 aliphatic rings. The highest BCUT2D eigenvalue weighted by Gasteiger charge is 2.10. The molecule has 0 saturated carbocycles. The van der Waals surface area contributed by atoms with E-state index in [9.17, 15) is 9.50 Å². The summed E-state index contributed by atoms with van der Waals surface area (Å²) in [6, 6.07) is 19.4. The summed E-state index contributed by atoms with van der Waals surface area (Å²) in [5.41, 5.74) is 4.89. The van der Waals surface area contributed by atoms with Crippen molar-refractivity contribution in [1.82, 2.24) is 15.0 Å². The molecule has 202 valence electrons. The molecule has 0 amide bonds. The predicted octanol–water partition coefficient (Wildman–Crippen LogP) is 8.45. The van der Waals surface area contributed by atoms with Crippen molar-refractivity contribution in [2.45, 2.75) is 34.5 Å². The number of allylic oxidation sites excluding steroid dienone is 2. The molecule has 0 unspecified atom stereocenters. The number of hydrogen-bond acceptors (Lipinski definition) is 5. The Labute approximate surface area is 233 Å². The van der Waals surface area contributed by atoms with Gasteiger partial charge in [-0.2, -0.15) is 0 Å². The zero-order valence-corrected chi connectivity index (χ0v) is 21.8. The van der Waals surface area contributed by atoms with Crippen LogP contribution >= 0.6 is 11.6 Å². The number of rotatable bonds is 7. The number of ether oxygens (including phenoxy) is 1. The average molecular weight is 547 g/mol. The number of aliphatic hydroxyl groups is 1. The van der Waals surface area contributed by atoms with Gasteiger partial charge < -0.3 is 20.1 Å². The lowest BCUT2D eigenvalue weighted by molar-refractivity contribution is 0.282. The highest BCUT2D eigenvalue weighted by Crippen LogP contribution is 2.32. The van der Waals surface area contributed by atoms with Crippen molar-refractivity contribution in [3.63, 3.8) is 0 Å². The Hall–Kier alpha value is -4.20. The quantitative estimate of drug-likeness (QED) is 0.178. The Balaban J connectivity index is 0.000000788. The van der Waals surface area contributed by atoms with Crippen molar-refractivity contribution in [2.75, 3.05) is 5.32 Å². The van der Waals surface area contributed by atoms with Gasteiger partial charge in [0.15, 0.2) is 0 Å². The molecule has 0 saturated heterocycles. The van der Waals surface area contributed by atoms with Crippen LogP contribution in [0.15, 0.2) is 91.4 Å². The molecule has 0 atom stereocenters. The van der Waals surface area contributed by atoms with Gasteiger partial charge >= 0.3 is 0 Å². The van der Waals surface area contributed by atoms with Crippen LogP contribution < -0.4 is 10.1 Å². The van der Waals surface area contributed by atoms with Crippen molar-refractivity contribution in [1.29, 1.82) is 0 Å². The van der Waals surface area contributed by atoms with Gasteiger partial charge in [0.2, 0.25) is 0 Å². The molecule has 0 aliphatic heterocycles. The molecular formula is C31H32ClFN4O2. The number of aliphatic hydroxyl groups excluding tert-OH is 1. The minimum absolute atomic E-state index is 0. The first-order chi connectivity index (χ1) is 18.5. The van der Waals surface area contributed by atoms with Gasteiger partial charge in [-0.15, -0.1) is 0 Å². The first kappa shape index (κ1) is 29.4. The van der Waals surface area contributed by atoms with Gasteiger partial charge in [-0.25, -0.2) is 14.4 Å². The zero-order chi connectivity index (χ0) is 26.9. The van der Waals surface area contributed by atoms with Gasteiger partial charge in [-0.1, -0.05) is 49.4 Å². The third-order valence-electron chi connectivity index (χ3n) is 5.68. The predicted molar refractivity (Wildman–Crippen MR) is 158 cm³/mol. The lowest BCUT2D eigenvalue weighted by atomic mass is 10.1. The largest absolute Gasteiger partial charge is 0.487 e. The molecule has 0 spiro atoms. The Morgan fingerprint density at radius 1 is 1.00 bits per heavy atom. The van der Waals surface area contributed by atoms with Crippen LogP contribution in [0.3, 0.4) is 0 Å². The van der Waals surface area contributed by atoms with Gasteiger partial charge in [-0.05, 0) is 79.1 Å². The van der Waals surface area contributed by atoms with Crippen LogP contribution in [0, 0.1) is 5.82 Å². The van der Waals surface area contributed by atoms with Crippen LogP contribution in [0.25, 0.3) is 22.2 Å². The molecule has 0 radical (unpaired) electrons. The fourth-order valence-corrected chi connectivity index (χ4v) is 3.88. The van der Waals surface area contributed by atoms with E-state index in [2.05, 4.69) is 20.3 Å². The molecule has 39 heavy (non-hydrogen) atoms. The zero-order valence-electron chi connectivity index (χ0n) is 21.1. The van der Waals surface area contributed by atoms with Crippen molar-refractivity contribution in [3.05, 3.63) is 113 Å². The Morgan fingerprint density at radius 3 is 2.51 bits per heavy atom. The fourth-order valence-electron chi connectivity index (χ4n) is 3.64. The Bertz CT molecular complexity index is 1550. The maximum Gasteiger partial charge on any atom is 0.141 e. The molecule has 2 heterocycles. The summed E-state index contributed by atoms with van der Waals surface area (Å²) in [7, 11) is 0. The lowest BCUT2D eigenvalue weighted by Crippen LogP contribution is -1.99. The second-order valence-corrected chi connectivity index (χ2v) is 8.80. The van der Waals surface area contributed by atoms with Gasteiger partial charge in [0.05, 0.1) is 17.1 Å². The summed E-state index contributed by atoms with van der Waals surface area (Å²) in [6.45, 7) is 4.18. The van der Waals surface area contributed by atoms with Crippen molar-refractivity contribution in [3.8, 4) is 17.0 Å². The summed E-state index contributed by atoms with van der Waals surface area (Å²) in [6.07, 6.45) is 7.28. The number of nitrogens with one attached hydrogen (secondary N) is 2. The number of aromatic nitrogens is 3. The summed E-state index contributed by atoms with van der Waals surface area (Å²) in [5.74, 6) is 0.820. The van der Waals surface area contributed by atoms with E-state index in [1.165, 1.54) is 18.5 Å². The van der Waals surface area contributed by atoms with E-state index in [0.29, 0.717) is 16.6 Å². The fraction of sp³-hybridized carbons (Fsp3) is 0.161. The van der Waals surface area contributed by atoms with Crippen LogP contribution in [0.2, 0.25) is 5.02 Å². The SMILES string of the molecule is C.CC=CC.OCc1c[nH]c(-c2ccc3ncnc(Nc4ccc(OCc5cccc(F)c5)c(Cl)c4)c3c2)c1. The molecule has 2 aromatic heterocycles. The van der Waals surface area contributed by atoms with E-state index in [1.54, 1.807) is 30.5 Å². The molecule has 5 rings (SSSR count). The highest BCUT2D eigenvalue weighted by molar-refractivity contribution is 6.32. The van der Waals surface area contributed by atoms with Crippen molar-refractivity contribution < 1.29 is 14.2 Å². The molecule has 0 bridgehead atoms. The topological polar surface area (TPSA) is 83.1 Å². The minimum Gasteiger partial charge on any atom is -0.487 e. The number of hydrogen-bond donors (Lipinski definition) is 3. The molecule has 6 nitrogen and oxygen atoms in total. The van der Waals surface area contributed by atoms with Crippen molar-refractivity contribution in [2.24, 2.45) is 0 Å². The van der Waals surface area contributed by atoms with Crippen LogP contribution in [0.1, 0.15) is 32.4 Å². The number of fused-ring (bicyclic) bond motifs is 1. The summed E-state index contributed by atoms with van der Waals surface area (Å²) in [5, 5.41) is 13.9. The minimum atomic E-state index is -0.308. The smallest absolute Gasteiger partial charge is 0.141 e. The maximum absolute atomic E-state index is 13.4. The maximum atomic E-state index is 13.4. The second kappa shape index (κ2) is 14.1. The van der Waals surface area contributed by atoms with E-state index in [1.807, 2.05) is 56.3 Å². The average Bonchev–Trinajstić information content (AvgIpc) is 3.42. The van der Waals surface area contributed by atoms with Crippen LogP contribution in [0.4, 0.5) is 15.9 Å². The van der Waals surface area contributed by atoms with E-state index in [0.717, 1.165) is 39.0 Å². The standard InChI is InChI=1S/C26H20ClFN4O2.C4H8.CH4/c27-22-11-20(5-7-25(22)34-14-16-2-1-3-19(28)8-16)32-26-21-10-18(4-6-23(21)30-15-31-26)24-9-17(13-33)12-29-24;1-3-4-2;/h1-12,15,29,33H,13-14H2,(H,30,31,32);3-4H,1-2H3;1H4. The molecule has 3 N–H and O–H groups in total. The number of nitrogens with zero attached hydrogens (tertiary/aromatic N) is 2. The van der Waals surface area contributed by atoms with Crippen LogP contribution in [-0.2, 0) is 13.2 Å². The first-order valence-electron chi connectivity index (χ1n) is 12.0. The summed E-state index contributed by atoms with van der Waals surface area (Å²) < 4.78 is 19.1. The van der Waals surface area contributed by atoms with Gasteiger partial charge in [-0.3, -0.25) is 0 Å². The third kappa shape index (κ3) is 7.66. The summed E-state index contributed by atoms with van der Waals surface area (Å²) >= 11 is 6.44. The van der Waals surface area contributed by atoms with Gasteiger partial charge in [0.25, 0.3) is 0 Å². The second-order valence-electron chi connectivity index (χ2n) is 8.39. The molecule has 5 aromatic rings. The van der Waals surface area contributed by atoms with Crippen LogP contribution in [-0.4, -0.2) is 20.1 Å². The molecule has 0 aliphatic carbocycles. The van der Waals surface area contributed by atoms with E-state index in [-0.39, 0.29) is 26.5 Å². The summed E-state index contributed by atoms with van der Waals surface area (Å²) in [4.78, 5) is 11.9. The molecule has 3 aromatic carbocycles. The van der Waals surface area contributed by atoms with Crippen molar-refractivity contribution >= 4 is 34.0 Å². The first-order valence-corrected chi connectivity index (χ1v) is 12.4. The van der Waals surface area contributed by atoms with Crippen LogP contribution in [0.5, 0.6) is 5.75 Å². The van der Waals surface area contributed by atoms with Gasteiger partial charge in [0, 0.05) is 23.0 Å². The Kier molecular flexibility index (Phi) is 10.6. The van der Waals surface area contributed by atoms with E-state index >= 15 is 0 Å². The number of benzene rings is 3. The lowest BCUT2D eigenvalue weighted by Gasteiger charge is -2.12. The third-order valence-corrected chi connectivity index (χ3v) is 5.98. The molecule has 8 heteroatoms. The number of halogens is 2. The Morgan fingerprint density at radius 2 is 1.82 bits per heavy atom. The highest BCUT2D eigenvalue weighted by atomic mass is 35.5. The monoisotopic (exact) mass is 546 g/mol. The normalized spacial score (nSPS) is 10.6. The number of anilines is 2. The van der Waals surface area contributed by atoms with Gasteiger partial charge in [0.1, 0.15) is 30.3 Å². The number of H-pyrrole nitrogens is 1. The van der Waals surface area contributed by atoms with E-state index < -0.39 is 0 Å². The molecule has 0 fully saturated rings. The molecular weight excluding hydrogens is 515 g/mol.